The van der Waals surface area contributed by atoms with Crippen LogP contribution in [0.3, 0.4) is 0 Å². The van der Waals surface area contributed by atoms with Crippen molar-refractivity contribution < 1.29 is 0 Å². The molecule has 0 amide bonds. The molecule has 1 nitrogen and oxygen atoms in total. The summed E-state index contributed by atoms with van der Waals surface area (Å²) in [5.41, 5.74) is 2.49. The smallest absolute Gasteiger partial charge is 0.113 e. The van der Waals surface area contributed by atoms with Gasteiger partial charge in [-0.25, -0.2) is 4.99 Å². The van der Waals surface area contributed by atoms with Gasteiger partial charge in [-0.2, -0.15) is 0 Å². The Balaban J connectivity index is 1.68. The first-order valence-electron chi connectivity index (χ1n) is 7.95. The summed E-state index contributed by atoms with van der Waals surface area (Å²) in [6.07, 6.45) is 8.21. The number of aryl methyl sites for hydroxylation is 1. The van der Waals surface area contributed by atoms with Crippen LogP contribution in [0, 0.1) is 30.1 Å². The van der Waals surface area contributed by atoms with Gasteiger partial charge in [-0.05, 0) is 74.8 Å². The van der Waals surface area contributed by atoms with Gasteiger partial charge in [-0.3, -0.25) is 0 Å². The van der Waals surface area contributed by atoms with E-state index in [-0.39, 0.29) is 5.41 Å². The maximum absolute atomic E-state index is 6.76. The summed E-state index contributed by atoms with van der Waals surface area (Å²) in [6, 6.07) is 8.31. The summed E-state index contributed by atoms with van der Waals surface area (Å²) in [4.78, 5) is 4.83. The van der Waals surface area contributed by atoms with Crippen molar-refractivity contribution in [1.29, 1.82) is 0 Å². The molecule has 106 valence electrons. The molecule has 0 spiro atoms. The van der Waals surface area contributed by atoms with E-state index in [1.165, 1.54) is 44.1 Å². The highest BCUT2D eigenvalue weighted by Crippen LogP contribution is 2.61. The van der Waals surface area contributed by atoms with Crippen molar-refractivity contribution in [3.63, 3.8) is 0 Å². The Labute approximate surface area is 126 Å². The zero-order chi connectivity index (χ0) is 13.7. The van der Waals surface area contributed by atoms with Gasteiger partial charge >= 0.3 is 0 Å². The van der Waals surface area contributed by atoms with E-state index in [0.29, 0.717) is 0 Å². The van der Waals surface area contributed by atoms with Crippen molar-refractivity contribution in [2.24, 2.45) is 28.2 Å². The van der Waals surface area contributed by atoms with Gasteiger partial charge in [0.25, 0.3) is 0 Å². The van der Waals surface area contributed by atoms with Crippen LogP contribution >= 0.6 is 11.6 Å². The Kier molecular flexibility index (Phi) is 2.96. The summed E-state index contributed by atoms with van der Waals surface area (Å²) in [5, 5.41) is 0.894. The zero-order valence-corrected chi connectivity index (χ0v) is 12.9. The average molecular weight is 288 g/mol. The number of para-hydroxylation sites is 1. The lowest BCUT2D eigenvalue weighted by Crippen LogP contribution is -2.48. The van der Waals surface area contributed by atoms with Gasteiger partial charge in [0.05, 0.1) is 5.69 Å². The fourth-order valence-corrected chi connectivity index (χ4v) is 5.60. The highest BCUT2D eigenvalue weighted by atomic mass is 35.5. The van der Waals surface area contributed by atoms with Gasteiger partial charge in [-0.15, -0.1) is 0 Å². The minimum atomic E-state index is 0.221. The predicted molar refractivity (Wildman–Crippen MR) is 84.7 cm³/mol. The van der Waals surface area contributed by atoms with Gasteiger partial charge in [0.15, 0.2) is 0 Å². The molecule has 4 aliphatic carbocycles. The lowest BCUT2D eigenvalue weighted by atomic mass is 9.50. The van der Waals surface area contributed by atoms with Crippen molar-refractivity contribution in [3.8, 4) is 0 Å². The standard InChI is InChI=1S/C18H22ClN/c1-12-4-2-3-5-16(12)20-17(19)18-9-13-6-14(10-18)8-15(7-13)11-18/h2-5,13-15H,6-11H2,1H3. The van der Waals surface area contributed by atoms with Crippen LogP contribution in [0.2, 0.25) is 0 Å². The third-order valence-corrected chi connectivity index (χ3v) is 6.30. The highest BCUT2D eigenvalue weighted by Gasteiger charge is 2.53. The van der Waals surface area contributed by atoms with Crippen LogP contribution in [0.1, 0.15) is 44.1 Å². The zero-order valence-electron chi connectivity index (χ0n) is 12.1. The largest absolute Gasteiger partial charge is 0.240 e. The second-order valence-electron chi connectivity index (χ2n) is 7.39. The third-order valence-electron chi connectivity index (χ3n) is 5.81. The lowest BCUT2D eigenvalue weighted by molar-refractivity contribution is -0.0108. The lowest BCUT2D eigenvalue weighted by Gasteiger charge is -2.56. The summed E-state index contributed by atoms with van der Waals surface area (Å²) in [7, 11) is 0. The van der Waals surface area contributed by atoms with E-state index in [1.807, 2.05) is 0 Å². The molecule has 4 saturated carbocycles. The molecule has 0 radical (unpaired) electrons. The van der Waals surface area contributed by atoms with E-state index in [9.17, 15) is 0 Å². The molecule has 0 unspecified atom stereocenters. The molecule has 2 heteroatoms. The minimum Gasteiger partial charge on any atom is -0.240 e. The number of benzene rings is 1. The van der Waals surface area contributed by atoms with Crippen molar-refractivity contribution in [3.05, 3.63) is 29.8 Å². The molecule has 1 aromatic rings. The van der Waals surface area contributed by atoms with Gasteiger partial charge < -0.3 is 0 Å². The fraction of sp³-hybridized carbons (Fsp3) is 0.611. The Hall–Kier alpha value is -0.820. The number of hydrogen-bond donors (Lipinski definition) is 0. The Morgan fingerprint density at radius 3 is 2.15 bits per heavy atom. The summed E-state index contributed by atoms with van der Waals surface area (Å²) >= 11 is 6.76. The van der Waals surface area contributed by atoms with Gasteiger partial charge in [0.1, 0.15) is 5.17 Å². The quantitative estimate of drug-likeness (QED) is 0.639. The van der Waals surface area contributed by atoms with E-state index in [4.69, 9.17) is 16.6 Å². The topological polar surface area (TPSA) is 12.4 Å². The van der Waals surface area contributed by atoms with Gasteiger partial charge in [-0.1, -0.05) is 29.8 Å². The molecule has 0 saturated heterocycles. The van der Waals surface area contributed by atoms with E-state index in [0.717, 1.165) is 28.6 Å². The molecular weight excluding hydrogens is 266 g/mol. The number of aliphatic imine (C=N–C) groups is 1. The second-order valence-corrected chi connectivity index (χ2v) is 7.74. The number of rotatable bonds is 2. The highest BCUT2D eigenvalue weighted by molar-refractivity contribution is 6.66. The van der Waals surface area contributed by atoms with Crippen LogP contribution in [0.5, 0.6) is 0 Å². The van der Waals surface area contributed by atoms with E-state index >= 15 is 0 Å². The molecule has 4 aliphatic rings. The maximum Gasteiger partial charge on any atom is 0.113 e. The molecule has 0 aromatic heterocycles. The fourth-order valence-electron chi connectivity index (χ4n) is 5.28. The Bertz CT molecular complexity index is 525. The molecular formula is C18H22ClN. The average Bonchev–Trinajstić information content (AvgIpc) is 2.40. The van der Waals surface area contributed by atoms with Gasteiger partial charge in [0, 0.05) is 5.41 Å². The molecule has 5 rings (SSSR count). The Morgan fingerprint density at radius 2 is 1.60 bits per heavy atom. The van der Waals surface area contributed by atoms with Crippen molar-refractivity contribution >= 4 is 22.5 Å². The Morgan fingerprint density at radius 1 is 1.05 bits per heavy atom. The molecule has 0 aliphatic heterocycles. The molecule has 4 fully saturated rings. The third kappa shape index (κ3) is 2.02. The number of hydrogen-bond acceptors (Lipinski definition) is 1. The predicted octanol–water partition coefficient (Wildman–Crippen LogP) is 5.48. The molecule has 20 heavy (non-hydrogen) atoms. The first-order chi connectivity index (χ1) is 9.64. The van der Waals surface area contributed by atoms with Crippen LogP contribution in [0.15, 0.2) is 29.3 Å². The summed E-state index contributed by atoms with van der Waals surface area (Å²) < 4.78 is 0. The molecule has 1 aromatic carbocycles. The van der Waals surface area contributed by atoms with Crippen LogP contribution in [0.25, 0.3) is 0 Å². The van der Waals surface area contributed by atoms with Crippen molar-refractivity contribution in [2.75, 3.05) is 0 Å². The van der Waals surface area contributed by atoms with Crippen molar-refractivity contribution in [1.82, 2.24) is 0 Å². The van der Waals surface area contributed by atoms with Crippen LogP contribution in [-0.2, 0) is 0 Å². The number of nitrogens with zero attached hydrogens (tertiary/aromatic N) is 1. The summed E-state index contributed by atoms with van der Waals surface area (Å²) in [5.74, 6) is 2.76. The molecule has 4 bridgehead atoms. The van der Waals surface area contributed by atoms with E-state index < -0.39 is 0 Å². The monoisotopic (exact) mass is 287 g/mol. The van der Waals surface area contributed by atoms with Gasteiger partial charge in [0.2, 0.25) is 0 Å². The number of halogens is 1. The van der Waals surface area contributed by atoms with Crippen molar-refractivity contribution in [2.45, 2.75) is 45.4 Å². The first kappa shape index (κ1) is 12.9. The maximum atomic E-state index is 6.76. The van der Waals surface area contributed by atoms with E-state index in [1.54, 1.807) is 0 Å². The summed E-state index contributed by atoms with van der Waals surface area (Å²) in [6.45, 7) is 2.11. The van der Waals surface area contributed by atoms with E-state index in [2.05, 4.69) is 31.2 Å². The minimum absolute atomic E-state index is 0.221. The molecule has 0 N–H and O–H groups in total. The molecule has 0 atom stereocenters. The van der Waals surface area contributed by atoms with Crippen LogP contribution in [-0.4, -0.2) is 5.17 Å². The normalized spacial score (nSPS) is 39.3. The second kappa shape index (κ2) is 4.59. The SMILES string of the molecule is Cc1ccccc1N=C(Cl)C12CC3CC(CC(C3)C1)C2. The molecule has 0 heterocycles. The van der Waals surface area contributed by atoms with Crippen LogP contribution in [0.4, 0.5) is 5.69 Å². The first-order valence-corrected chi connectivity index (χ1v) is 8.33. The van der Waals surface area contributed by atoms with Crippen LogP contribution < -0.4 is 0 Å².